The van der Waals surface area contributed by atoms with Crippen LogP contribution in [0.1, 0.15) is 49.5 Å². The van der Waals surface area contributed by atoms with E-state index in [1.807, 2.05) is 0 Å². The van der Waals surface area contributed by atoms with Crippen molar-refractivity contribution in [1.29, 1.82) is 0 Å². The van der Waals surface area contributed by atoms with E-state index in [1.54, 1.807) is 13.0 Å². The smallest absolute Gasteiger partial charge is 0.366 e. The first-order chi connectivity index (χ1) is 10.7. The summed E-state index contributed by atoms with van der Waals surface area (Å²) in [5, 5.41) is 0. The Bertz CT molecular complexity index is 620. The third kappa shape index (κ3) is 4.41. The van der Waals surface area contributed by atoms with Gasteiger partial charge in [-0.25, -0.2) is 4.39 Å². The Morgan fingerprint density at radius 2 is 2.04 bits per heavy atom. The predicted molar refractivity (Wildman–Crippen MR) is 77.5 cm³/mol. The molecule has 23 heavy (non-hydrogen) atoms. The lowest BCUT2D eigenvalue weighted by atomic mass is 10.0. The van der Waals surface area contributed by atoms with Gasteiger partial charge in [0.05, 0.1) is 17.8 Å². The summed E-state index contributed by atoms with van der Waals surface area (Å²) in [5.74, 6) is -0.0254. The zero-order valence-electron chi connectivity index (χ0n) is 12.9. The van der Waals surface area contributed by atoms with Gasteiger partial charge in [0.25, 0.3) is 0 Å². The molecule has 1 aromatic rings. The molecule has 0 amide bonds. The minimum Gasteiger partial charge on any atom is -0.366 e. The molecule has 1 aromatic carbocycles. The number of rotatable bonds is 5. The largest absolute Gasteiger partial charge is 0.416 e. The number of ketones is 1. The maximum absolute atomic E-state index is 12.9. The van der Waals surface area contributed by atoms with Crippen LogP contribution in [0.5, 0.6) is 0 Å². The highest BCUT2D eigenvalue weighted by Crippen LogP contribution is 2.34. The molecule has 1 aliphatic rings. The predicted octanol–water partition coefficient (Wildman–Crippen LogP) is 4.93. The van der Waals surface area contributed by atoms with Gasteiger partial charge in [-0.2, -0.15) is 13.2 Å². The second-order valence-corrected chi connectivity index (χ2v) is 5.70. The average molecular weight is 330 g/mol. The summed E-state index contributed by atoms with van der Waals surface area (Å²) in [5.41, 5.74) is 0.0361. The third-order valence-corrected chi connectivity index (χ3v) is 3.88. The molecule has 0 saturated carbocycles. The van der Waals surface area contributed by atoms with E-state index in [0.29, 0.717) is 18.4 Å². The number of ether oxygens (including phenoxy) is 1. The molecule has 0 fully saturated rings. The number of allylic oxidation sites excluding steroid dienone is 1. The molecule has 2 rings (SSSR count). The average Bonchev–Trinajstić information content (AvgIpc) is 2.94. The molecule has 0 aromatic heterocycles. The molecule has 1 aliphatic carbocycles. The fraction of sp³-hybridized carbons (Fsp3) is 0.471. The van der Waals surface area contributed by atoms with Crippen molar-refractivity contribution in [2.45, 2.75) is 51.7 Å². The Morgan fingerprint density at radius 1 is 1.35 bits per heavy atom. The SMILES string of the molecule is CC(=O)C1=C[C@@H](O[C@H](C)c2cc(CF)cc(C(F)(F)F)c2)CC1. The summed E-state index contributed by atoms with van der Waals surface area (Å²) in [6.07, 6.45) is -2.54. The monoisotopic (exact) mass is 330 g/mol. The van der Waals surface area contributed by atoms with Crippen LogP contribution < -0.4 is 0 Å². The molecule has 126 valence electrons. The lowest BCUT2D eigenvalue weighted by molar-refractivity contribution is -0.137. The van der Waals surface area contributed by atoms with Gasteiger partial charge in [0.1, 0.15) is 6.67 Å². The highest BCUT2D eigenvalue weighted by atomic mass is 19.4. The molecule has 0 heterocycles. The van der Waals surface area contributed by atoms with Crippen LogP contribution in [-0.4, -0.2) is 11.9 Å². The molecule has 0 radical (unpaired) electrons. The number of carbonyl (C=O) groups excluding carboxylic acids is 1. The molecule has 0 saturated heterocycles. The molecule has 2 nitrogen and oxygen atoms in total. The molecule has 0 bridgehead atoms. The zero-order chi connectivity index (χ0) is 17.2. The van der Waals surface area contributed by atoms with Gasteiger partial charge in [-0.15, -0.1) is 0 Å². The summed E-state index contributed by atoms with van der Waals surface area (Å²) in [6.45, 7) is 2.12. The maximum atomic E-state index is 12.9. The third-order valence-electron chi connectivity index (χ3n) is 3.88. The van der Waals surface area contributed by atoms with E-state index >= 15 is 0 Å². The van der Waals surface area contributed by atoms with Crippen molar-refractivity contribution in [3.8, 4) is 0 Å². The molecular formula is C17H18F4O2. The van der Waals surface area contributed by atoms with Crippen LogP contribution in [0.4, 0.5) is 17.6 Å². The van der Waals surface area contributed by atoms with E-state index in [4.69, 9.17) is 4.74 Å². The van der Waals surface area contributed by atoms with Crippen molar-refractivity contribution in [3.05, 3.63) is 46.5 Å². The van der Waals surface area contributed by atoms with Crippen LogP contribution in [0.3, 0.4) is 0 Å². The quantitative estimate of drug-likeness (QED) is 0.716. The number of hydrogen-bond donors (Lipinski definition) is 0. The molecule has 0 unspecified atom stereocenters. The first kappa shape index (κ1) is 17.7. The van der Waals surface area contributed by atoms with Crippen molar-refractivity contribution >= 4 is 5.78 Å². The number of benzene rings is 1. The highest BCUT2D eigenvalue weighted by molar-refractivity contribution is 5.93. The normalized spacial score (nSPS) is 19.6. The van der Waals surface area contributed by atoms with Crippen molar-refractivity contribution in [2.24, 2.45) is 0 Å². The minimum absolute atomic E-state index is 0.0254. The van der Waals surface area contributed by atoms with Gasteiger partial charge in [0.2, 0.25) is 0 Å². The van der Waals surface area contributed by atoms with Crippen LogP contribution in [0.15, 0.2) is 29.8 Å². The van der Waals surface area contributed by atoms with E-state index in [9.17, 15) is 22.4 Å². The molecule has 0 N–H and O–H groups in total. The van der Waals surface area contributed by atoms with Crippen LogP contribution in [0, 0.1) is 0 Å². The lowest BCUT2D eigenvalue weighted by Crippen LogP contribution is -2.12. The first-order valence-electron chi connectivity index (χ1n) is 7.35. The molecular weight excluding hydrogens is 312 g/mol. The number of alkyl halides is 4. The summed E-state index contributed by atoms with van der Waals surface area (Å²) in [6, 6.07) is 3.17. The second kappa shape index (κ2) is 6.83. The van der Waals surface area contributed by atoms with Crippen molar-refractivity contribution < 1.29 is 27.1 Å². The Kier molecular flexibility index (Phi) is 5.24. The van der Waals surface area contributed by atoms with Gasteiger partial charge in [-0.05, 0) is 61.6 Å². The molecule has 2 atom stereocenters. The van der Waals surface area contributed by atoms with E-state index in [1.165, 1.54) is 13.0 Å². The fourth-order valence-electron chi connectivity index (χ4n) is 2.62. The summed E-state index contributed by atoms with van der Waals surface area (Å²) in [7, 11) is 0. The summed E-state index contributed by atoms with van der Waals surface area (Å²) >= 11 is 0. The number of halogens is 4. The van der Waals surface area contributed by atoms with Crippen LogP contribution >= 0.6 is 0 Å². The zero-order valence-corrected chi connectivity index (χ0v) is 12.9. The van der Waals surface area contributed by atoms with Gasteiger partial charge >= 0.3 is 6.18 Å². The van der Waals surface area contributed by atoms with Gasteiger partial charge in [-0.1, -0.05) is 6.07 Å². The van der Waals surface area contributed by atoms with Crippen molar-refractivity contribution in [3.63, 3.8) is 0 Å². The number of hydrogen-bond acceptors (Lipinski definition) is 2. The van der Waals surface area contributed by atoms with E-state index < -0.39 is 24.5 Å². The standard InChI is InChI=1S/C17H18F4O2/c1-10(22)13-3-4-16(8-13)23-11(2)14-5-12(9-18)6-15(7-14)17(19,20)21/h5-8,11,16H,3-4,9H2,1-2H3/t11-,16+/m1/s1. The van der Waals surface area contributed by atoms with Crippen molar-refractivity contribution in [2.75, 3.05) is 0 Å². The molecule has 0 spiro atoms. The Hall–Kier alpha value is -1.69. The van der Waals surface area contributed by atoms with Gasteiger partial charge in [0, 0.05) is 0 Å². The van der Waals surface area contributed by atoms with Crippen LogP contribution in [0.25, 0.3) is 0 Å². The Balaban J connectivity index is 2.19. The van der Waals surface area contributed by atoms with Crippen molar-refractivity contribution in [1.82, 2.24) is 0 Å². The van der Waals surface area contributed by atoms with Crippen LogP contribution in [0.2, 0.25) is 0 Å². The molecule has 0 aliphatic heterocycles. The lowest BCUT2D eigenvalue weighted by Gasteiger charge is -2.20. The first-order valence-corrected chi connectivity index (χ1v) is 7.35. The fourth-order valence-corrected chi connectivity index (χ4v) is 2.62. The van der Waals surface area contributed by atoms with Gasteiger partial charge in [0.15, 0.2) is 5.78 Å². The van der Waals surface area contributed by atoms with Gasteiger partial charge < -0.3 is 4.74 Å². The topological polar surface area (TPSA) is 26.3 Å². The maximum Gasteiger partial charge on any atom is 0.416 e. The number of carbonyl (C=O) groups is 1. The van der Waals surface area contributed by atoms with Crippen LogP contribution in [-0.2, 0) is 22.4 Å². The van der Waals surface area contributed by atoms with E-state index in [-0.39, 0.29) is 23.0 Å². The summed E-state index contributed by atoms with van der Waals surface area (Å²) in [4.78, 5) is 11.3. The Morgan fingerprint density at radius 3 is 2.57 bits per heavy atom. The second-order valence-electron chi connectivity index (χ2n) is 5.70. The molecule has 6 heteroatoms. The summed E-state index contributed by atoms with van der Waals surface area (Å²) < 4.78 is 57.2. The van der Waals surface area contributed by atoms with E-state index in [0.717, 1.165) is 12.1 Å². The highest BCUT2D eigenvalue weighted by Gasteiger charge is 2.32. The van der Waals surface area contributed by atoms with E-state index in [2.05, 4.69) is 0 Å². The number of Topliss-reactive ketones (excluding diaryl/α,β-unsaturated/α-hetero) is 1. The minimum atomic E-state index is -4.53. The Labute approximate surface area is 132 Å². The van der Waals surface area contributed by atoms with Gasteiger partial charge in [-0.3, -0.25) is 4.79 Å².